The molecule has 2 aliphatic carbocycles. The van der Waals surface area contributed by atoms with Gasteiger partial charge in [-0.15, -0.1) is 13.2 Å². The van der Waals surface area contributed by atoms with Gasteiger partial charge >= 0.3 is 6.09 Å². The SMILES string of the molecule is C=CCCC(NC(=O)C1C2C(CN1C(=O)C(NC(=O)OC(C)(C)C)C1C=CCCCC1)C2(C)C)C(=O)C(=O)NCC=C. The standard InChI is InChI=1S/C32H48N4O6/c1-8-10-17-22(26(37)28(39)33-18-9-2)34-27(38)25-23-21(32(23,6)7)19-36(25)29(40)24(20-15-13-11-12-14-16-20)35-30(41)42-31(3,4)5/h8-9,13,15,20-25H,1-2,10-12,14,16-19H2,3-7H3,(H,33,39)(H,34,38)(H,35,41). The molecule has 1 heterocycles. The maximum atomic E-state index is 14.3. The van der Waals surface area contributed by atoms with Gasteiger partial charge in [0, 0.05) is 19.0 Å². The number of hydrogen-bond acceptors (Lipinski definition) is 6. The van der Waals surface area contributed by atoms with E-state index in [1.165, 1.54) is 6.08 Å². The number of rotatable bonds is 12. The molecular formula is C32H48N4O6. The van der Waals surface area contributed by atoms with Gasteiger partial charge < -0.3 is 25.6 Å². The molecule has 10 nitrogen and oxygen atoms in total. The zero-order valence-corrected chi connectivity index (χ0v) is 25.7. The zero-order valence-electron chi connectivity index (χ0n) is 25.7. The average Bonchev–Trinajstić information content (AvgIpc) is 3.33. The molecule has 0 radical (unpaired) electrons. The van der Waals surface area contributed by atoms with Gasteiger partial charge in [0.1, 0.15) is 17.7 Å². The number of allylic oxidation sites excluding steroid dienone is 2. The smallest absolute Gasteiger partial charge is 0.408 e. The van der Waals surface area contributed by atoms with Gasteiger partial charge in [-0.05, 0) is 70.1 Å². The lowest BCUT2D eigenvalue weighted by Crippen LogP contribution is -2.59. The van der Waals surface area contributed by atoms with Crippen LogP contribution >= 0.6 is 0 Å². The van der Waals surface area contributed by atoms with Crippen molar-refractivity contribution in [3.05, 3.63) is 37.5 Å². The molecule has 0 aromatic rings. The second-order valence-corrected chi connectivity index (χ2v) is 13.2. The van der Waals surface area contributed by atoms with Crippen molar-refractivity contribution in [2.75, 3.05) is 13.1 Å². The van der Waals surface area contributed by atoms with Crippen molar-refractivity contribution >= 4 is 29.6 Å². The fourth-order valence-corrected chi connectivity index (χ4v) is 6.29. The zero-order chi connectivity index (χ0) is 31.2. The summed E-state index contributed by atoms with van der Waals surface area (Å²) in [6.45, 7) is 17.1. The van der Waals surface area contributed by atoms with Crippen LogP contribution in [0.5, 0.6) is 0 Å². The molecule has 6 unspecified atom stereocenters. The highest BCUT2D eigenvalue weighted by Crippen LogP contribution is 2.65. The third-order valence-corrected chi connectivity index (χ3v) is 8.59. The summed E-state index contributed by atoms with van der Waals surface area (Å²) in [7, 11) is 0. The normalized spacial score (nSPS) is 25.6. The first-order valence-corrected chi connectivity index (χ1v) is 15.0. The highest BCUT2D eigenvalue weighted by Gasteiger charge is 2.69. The first kappa shape index (κ1) is 33.1. The summed E-state index contributed by atoms with van der Waals surface area (Å²) in [5, 5.41) is 8.08. The number of amides is 4. The van der Waals surface area contributed by atoms with Crippen LogP contribution in [0, 0.1) is 23.2 Å². The molecule has 232 valence electrons. The lowest BCUT2D eigenvalue weighted by molar-refractivity contribution is -0.144. The van der Waals surface area contributed by atoms with Gasteiger partial charge in [0.25, 0.3) is 5.91 Å². The maximum absolute atomic E-state index is 14.3. The molecule has 10 heteroatoms. The van der Waals surface area contributed by atoms with Crippen LogP contribution in [0.1, 0.15) is 73.1 Å². The average molecular weight is 585 g/mol. The number of piperidine rings is 1. The van der Waals surface area contributed by atoms with E-state index in [9.17, 15) is 24.0 Å². The Labute approximate surface area is 249 Å². The molecule has 0 spiro atoms. The van der Waals surface area contributed by atoms with Crippen LogP contribution in [-0.4, -0.2) is 71.3 Å². The third kappa shape index (κ3) is 7.89. The van der Waals surface area contributed by atoms with Crippen molar-refractivity contribution in [2.45, 2.75) is 96.9 Å². The Hall–Kier alpha value is -3.43. The van der Waals surface area contributed by atoms with E-state index in [1.54, 1.807) is 31.7 Å². The molecule has 1 saturated carbocycles. The van der Waals surface area contributed by atoms with E-state index in [1.807, 2.05) is 12.2 Å². The van der Waals surface area contributed by atoms with Crippen molar-refractivity contribution in [3.63, 3.8) is 0 Å². The largest absolute Gasteiger partial charge is 0.444 e. The van der Waals surface area contributed by atoms with E-state index in [4.69, 9.17) is 4.74 Å². The number of fused-ring (bicyclic) bond motifs is 1. The van der Waals surface area contributed by atoms with Gasteiger partial charge in [-0.25, -0.2) is 4.79 Å². The van der Waals surface area contributed by atoms with E-state index < -0.39 is 47.4 Å². The fourth-order valence-electron chi connectivity index (χ4n) is 6.29. The molecule has 3 aliphatic rings. The highest BCUT2D eigenvalue weighted by molar-refractivity contribution is 6.38. The maximum Gasteiger partial charge on any atom is 0.408 e. The Kier molecular flexibility index (Phi) is 10.8. The van der Waals surface area contributed by atoms with Crippen LogP contribution in [0.15, 0.2) is 37.5 Å². The molecule has 3 rings (SSSR count). The predicted octanol–water partition coefficient (Wildman–Crippen LogP) is 3.43. The molecule has 2 fully saturated rings. The van der Waals surface area contributed by atoms with Gasteiger partial charge in [0.05, 0.1) is 6.04 Å². The van der Waals surface area contributed by atoms with E-state index >= 15 is 0 Å². The summed E-state index contributed by atoms with van der Waals surface area (Å²) in [5.41, 5.74) is -0.916. The molecule has 42 heavy (non-hydrogen) atoms. The lowest BCUT2D eigenvalue weighted by Gasteiger charge is -2.35. The second kappa shape index (κ2) is 13.7. The summed E-state index contributed by atoms with van der Waals surface area (Å²) in [6, 6.07) is -2.82. The number of ether oxygens (including phenoxy) is 1. The predicted molar refractivity (Wildman–Crippen MR) is 160 cm³/mol. The minimum Gasteiger partial charge on any atom is -0.444 e. The first-order valence-electron chi connectivity index (χ1n) is 15.0. The lowest BCUT2D eigenvalue weighted by atomic mass is 9.92. The summed E-state index contributed by atoms with van der Waals surface area (Å²) in [5.74, 6) is -2.67. The molecule has 3 N–H and O–H groups in total. The highest BCUT2D eigenvalue weighted by atomic mass is 16.6. The summed E-state index contributed by atoms with van der Waals surface area (Å²) < 4.78 is 5.49. The van der Waals surface area contributed by atoms with Gasteiger partial charge in [0.2, 0.25) is 17.6 Å². The van der Waals surface area contributed by atoms with Crippen LogP contribution in [0.2, 0.25) is 0 Å². The molecule has 1 aliphatic heterocycles. The van der Waals surface area contributed by atoms with Crippen molar-refractivity contribution in [1.82, 2.24) is 20.9 Å². The number of nitrogens with zero attached hydrogens (tertiary/aromatic N) is 1. The Bertz CT molecular complexity index is 1110. The molecular weight excluding hydrogens is 536 g/mol. The number of alkyl carbamates (subject to hydrolysis) is 1. The molecule has 6 atom stereocenters. The van der Waals surface area contributed by atoms with Gasteiger partial charge in [-0.3, -0.25) is 19.2 Å². The Morgan fingerprint density at radius 3 is 2.45 bits per heavy atom. The van der Waals surface area contributed by atoms with Gasteiger partial charge in [-0.1, -0.05) is 44.6 Å². The van der Waals surface area contributed by atoms with Crippen LogP contribution in [0.3, 0.4) is 0 Å². The van der Waals surface area contributed by atoms with E-state index in [0.717, 1.165) is 19.3 Å². The van der Waals surface area contributed by atoms with E-state index in [-0.39, 0.29) is 42.0 Å². The molecule has 0 bridgehead atoms. The number of ketones is 1. The molecule has 1 saturated heterocycles. The monoisotopic (exact) mass is 584 g/mol. The number of nitrogens with one attached hydrogen (secondary N) is 3. The van der Waals surface area contributed by atoms with Crippen molar-refractivity contribution in [2.24, 2.45) is 23.2 Å². The molecule has 0 aromatic heterocycles. The topological polar surface area (TPSA) is 134 Å². The summed E-state index contributed by atoms with van der Waals surface area (Å²) in [6.07, 6.45) is 10.5. The summed E-state index contributed by atoms with van der Waals surface area (Å²) >= 11 is 0. The summed E-state index contributed by atoms with van der Waals surface area (Å²) in [4.78, 5) is 68.0. The van der Waals surface area contributed by atoms with Crippen molar-refractivity contribution in [3.8, 4) is 0 Å². The number of hydrogen-bond donors (Lipinski definition) is 3. The van der Waals surface area contributed by atoms with Crippen LogP contribution in [-0.2, 0) is 23.9 Å². The van der Waals surface area contributed by atoms with Crippen LogP contribution in [0.25, 0.3) is 0 Å². The van der Waals surface area contributed by atoms with E-state index in [0.29, 0.717) is 19.4 Å². The quantitative estimate of drug-likeness (QED) is 0.238. The minimum absolute atomic E-state index is 0.0993. The Morgan fingerprint density at radius 2 is 1.81 bits per heavy atom. The number of Topliss-reactive ketones (excluding diaryl/α,β-unsaturated/α-hetero) is 1. The number of carbonyl (C=O) groups excluding carboxylic acids is 5. The third-order valence-electron chi connectivity index (χ3n) is 8.59. The molecule has 4 amide bonds. The minimum atomic E-state index is -1.07. The Balaban J connectivity index is 1.88. The number of carbonyl (C=O) groups is 5. The number of likely N-dealkylation sites (tertiary alicyclic amines) is 1. The second-order valence-electron chi connectivity index (χ2n) is 13.2. The fraction of sp³-hybridized carbons (Fsp3) is 0.656. The van der Waals surface area contributed by atoms with E-state index in [2.05, 4.69) is 43.0 Å². The molecule has 0 aromatic carbocycles. The van der Waals surface area contributed by atoms with Gasteiger partial charge in [-0.2, -0.15) is 0 Å². The van der Waals surface area contributed by atoms with Crippen molar-refractivity contribution in [1.29, 1.82) is 0 Å². The Morgan fingerprint density at radius 1 is 1.10 bits per heavy atom. The van der Waals surface area contributed by atoms with Crippen LogP contribution in [0.4, 0.5) is 4.79 Å². The van der Waals surface area contributed by atoms with Gasteiger partial charge in [0.15, 0.2) is 0 Å². The van der Waals surface area contributed by atoms with Crippen LogP contribution < -0.4 is 16.0 Å². The van der Waals surface area contributed by atoms with Crippen molar-refractivity contribution < 1.29 is 28.7 Å². The first-order chi connectivity index (χ1) is 19.7.